The fourth-order valence-electron chi connectivity index (χ4n) is 8.23. The summed E-state index contributed by atoms with van der Waals surface area (Å²) in [5.74, 6) is 0. The SMILES string of the molecule is Cc1ccc(-n2c3ccccc3c3cc(-c4cccc(-c5ccccc5-c5ccc(N(c6ccccc6)c6ccc(-c7ccccc7)cc6)cc5)c4)ccc32)cc1. The van der Waals surface area contributed by atoms with Crippen molar-refractivity contribution in [1.29, 1.82) is 0 Å². The lowest BCUT2D eigenvalue weighted by molar-refractivity contribution is 1.17. The minimum atomic E-state index is 1.11. The Balaban J connectivity index is 0.992. The van der Waals surface area contributed by atoms with E-state index in [4.69, 9.17) is 0 Å². The van der Waals surface area contributed by atoms with E-state index in [0.717, 1.165) is 17.1 Å². The van der Waals surface area contributed by atoms with E-state index in [-0.39, 0.29) is 0 Å². The number of benzene rings is 9. The van der Waals surface area contributed by atoms with Crippen LogP contribution in [0.15, 0.2) is 224 Å². The lowest BCUT2D eigenvalue weighted by atomic mass is 9.92. The molecule has 0 radical (unpaired) electrons. The molecule has 1 aromatic heterocycles. The van der Waals surface area contributed by atoms with E-state index in [1.807, 2.05) is 0 Å². The second kappa shape index (κ2) is 14.7. The van der Waals surface area contributed by atoms with Crippen LogP contribution in [0.3, 0.4) is 0 Å². The highest BCUT2D eigenvalue weighted by atomic mass is 15.1. The molecule has 0 bridgehead atoms. The number of rotatable bonds is 8. The van der Waals surface area contributed by atoms with Crippen LogP contribution < -0.4 is 4.90 Å². The molecule has 0 aliphatic carbocycles. The topological polar surface area (TPSA) is 8.17 Å². The molecule has 0 spiro atoms. The zero-order chi connectivity index (χ0) is 38.1. The van der Waals surface area contributed by atoms with Gasteiger partial charge in [-0.1, -0.05) is 157 Å². The van der Waals surface area contributed by atoms with Gasteiger partial charge in [0, 0.05) is 33.5 Å². The molecule has 9 aromatic carbocycles. The molecule has 0 saturated carbocycles. The Labute approximate surface area is 334 Å². The van der Waals surface area contributed by atoms with Crippen LogP contribution in [0.4, 0.5) is 17.1 Å². The Kier molecular flexibility index (Phi) is 8.78. The third kappa shape index (κ3) is 6.48. The molecule has 0 aliphatic rings. The summed E-state index contributed by atoms with van der Waals surface area (Å²) in [6.45, 7) is 2.14. The maximum Gasteiger partial charge on any atom is 0.0541 e. The van der Waals surface area contributed by atoms with Crippen LogP contribution in [0.25, 0.3) is 72.0 Å². The van der Waals surface area contributed by atoms with Crippen LogP contribution in [0, 0.1) is 6.92 Å². The van der Waals surface area contributed by atoms with Crippen LogP contribution in [-0.2, 0) is 0 Å². The number of hydrogen-bond acceptors (Lipinski definition) is 1. The Bertz CT molecular complexity index is 2980. The monoisotopic (exact) mass is 728 g/mol. The van der Waals surface area contributed by atoms with Crippen molar-refractivity contribution in [2.24, 2.45) is 0 Å². The first-order chi connectivity index (χ1) is 28.2. The van der Waals surface area contributed by atoms with Crippen molar-refractivity contribution < 1.29 is 0 Å². The minimum Gasteiger partial charge on any atom is -0.311 e. The van der Waals surface area contributed by atoms with Crippen molar-refractivity contribution in [3.8, 4) is 50.2 Å². The van der Waals surface area contributed by atoms with Crippen LogP contribution in [0.1, 0.15) is 5.56 Å². The van der Waals surface area contributed by atoms with Crippen molar-refractivity contribution in [3.63, 3.8) is 0 Å². The van der Waals surface area contributed by atoms with Gasteiger partial charge in [0.25, 0.3) is 0 Å². The summed E-state index contributed by atoms with van der Waals surface area (Å²) in [6, 6.07) is 81.2. The quantitative estimate of drug-likeness (QED) is 0.151. The smallest absolute Gasteiger partial charge is 0.0541 e. The summed E-state index contributed by atoms with van der Waals surface area (Å²) in [7, 11) is 0. The van der Waals surface area contributed by atoms with E-state index in [2.05, 4.69) is 241 Å². The van der Waals surface area contributed by atoms with Gasteiger partial charge in [-0.05, 0) is 124 Å². The second-order valence-corrected chi connectivity index (χ2v) is 14.7. The number of fused-ring (bicyclic) bond motifs is 3. The third-order valence-corrected chi connectivity index (χ3v) is 11.1. The molecule has 1 heterocycles. The van der Waals surface area contributed by atoms with E-state index in [1.165, 1.54) is 77.6 Å². The predicted octanol–water partition coefficient (Wildman–Crippen LogP) is 15.2. The molecule has 0 unspecified atom stereocenters. The van der Waals surface area contributed by atoms with Gasteiger partial charge in [-0.3, -0.25) is 0 Å². The second-order valence-electron chi connectivity index (χ2n) is 14.7. The molecular formula is C55H40N2. The Morgan fingerprint density at radius 2 is 0.807 bits per heavy atom. The molecule has 10 aromatic rings. The van der Waals surface area contributed by atoms with Crippen molar-refractivity contribution in [1.82, 2.24) is 4.57 Å². The Hall–Kier alpha value is -7.42. The summed E-state index contributed by atoms with van der Waals surface area (Å²) < 4.78 is 2.38. The van der Waals surface area contributed by atoms with Gasteiger partial charge in [0.1, 0.15) is 0 Å². The summed E-state index contributed by atoms with van der Waals surface area (Å²) >= 11 is 0. The maximum atomic E-state index is 2.38. The fraction of sp³-hybridized carbons (Fsp3) is 0.0182. The maximum absolute atomic E-state index is 2.38. The molecule has 0 fully saturated rings. The van der Waals surface area contributed by atoms with E-state index < -0.39 is 0 Å². The molecule has 0 N–H and O–H groups in total. The van der Waals surface area contributed by atoms with Crippen molar-refractivity contribution in [2.45, 2.75) is 6.92 Å². The first kappa shape index (κ1) is 34.1. The van der Waals surface area contributed by atoms with Gasteiger partial charge >= 0.3 is 0 Å². The van der Waals surface area contributed by atoms with Crippen molar-refractivity contribution >= 4 is 38.9 Å². The van der Waals surface area contributed by atoms with Crippen LogP contribution in [-0.4, -0.2) is 4.57 Å². The van der Waals surface area contributed by atoms with Gasteiger partial charge in [0.15, 0.2) is 0 Å². The number of hydrogen-bond donors (Lipinski definition) is 0. The molecular weight excluding hydrogens is 689 g/mol. The number of para-hydroxylation sites is 2. The van der Waals surface area contributed by atoms with Crippen LogP contribution in [0.2, 0.25) is 0 Å². The first-order valence-corrected chi connectivity index (χ1v) is 19.6. The number of aromatic nitrogens is 1. The molecule has 2 heteroatoms. The first-order valence-electron chi connectivity index (χ1n) is 19.6. The zero-order valence-corrected chi connectivity index (χ0v) is 31.8. The molecule has 0 atom stereocenters. The zero-order valence-electron chi connectivity index (χ0n) is 31.8. The van der Waals surface area contributed by atoms with E-state index in [1.54, 1.807) is 0 Å². The molecule has 0 saturated heterocycles. The van der Waals surface area contributed by atoms with Gasteiger partial charge in [-0.15, -0.1) is 0 Å². The van der Waals surface area contributed by atoms with Crippen LogP contribution in [0.5, 0.6) is 0 Å². The Morgan fingerprint density at radius 1 is 0.316 bits per heavy atom. The normalized spacial score (nSPS) is 11.2. The fourth-order valence-corrected chi connectivity index (χ4v) is 8.23. The summed E-state index contributed by atoms with van der Waals surface area (Å²) in [6.07, 6.45) is 0. The minimum absolute atomic E-state index is 1.11. The van der Waals surface area contributed by atoms with Gasteiger partial charge < -0.3 is 9.47 Å². The number of nitrogens with zero attached hydrogens (tertiary/aromatic N) is 2. The molecule has 2 nitrogen and oxygen atoms in total. The largest absolute Gasteiger partial charge is 0.311 e. The van der Waals surface area contributed by atoms with E-state index >= 15 is 0 Å². The standard InChI is InChI=1S/C55H40N2/c1-39-23-30-49(31-24-39)57-54-22-11-10-21-52(54)53-38-44(29-36-55(53)57)43-15-12-16-45(37-43)51-20-9-8-19-50(51)42-27-34-48(35-28-42)56(46-17-6-3-7-18-46)47-32-25-41(26-33-47)40-13-4-2-5-14-40/h2-38H,1H3. The molecule has 10 rings (SSSR count). The van der Waals surface area contributed by atoms with E-state index in [9.17, 15) is 0 Å². The Morgan fingerprint density at radius 3 is 1.53 bits per heavy atom. The highest BCUT2D eigenvalue weighted by molar-refractivity contribution is 6.10. The van der Waals surface area contributed by atoms with Gasteiger partial charge in [0.05, 0.1) is 11.0 Å². The molecule has 0 amide bonds. The highest BCUT2D eigenvalue weighted by Gasteiger charge is 2.16. The van der Waals surface area contributed by atoms with Gasteiger partial charge in [-0.2, -0.15) is 0 Å². The number of anilines is 3. The van der Waals surface area contributed by atoms with Gasteiger partial charge in [0.2, 0.25) is 0 Å². The van der Waals surface area contributed by atoms with Crippen molar-refractivity contribution in [2.75, 3.05) is 4.90 Å². The van der Waals surface area contributed by atoms with E-state index in [0.29, 0.717) is 0 Å². The number of aryl methyl sites for hydroxylation is 1. The average molecular weight is 729 g/mol. The summed E-state index contributed by atoms with van der Waals surface area (Å²) in [4.78, 5) is 2.32. The van der Waals surface area contributed by atoms with Crippen molar-refractivity contribution in [3.05, 3.63) is 230 Å². The molecule has 57 heavy (non-hydrogen) atoms. The van der Waals surface area contributed by atoms with Gasteiger partial charge in [-0.25, -0.2) is 0 Å². The highest BCUT2D eigenvalue weighted by Crippen LogP contribution is 2.40. The average Bonchev–Trinajstić information content (AvgIpc) is 3.62. The lowest BCUT2D eigenvalue weighted by Crippen LogP contribution is -2.09. The molecule has 270 valence electrons. The third-order valence-electron chi connectivity index (χ3n) is 11.1. The lowest BCUT2D eigenvalue weighted by Gasteiger charge is -2.26. The van der Waals surface area contributed by atoms with Crippen LogP contribution >= 0.6 is 0 Å². The molecule has 0 aliphatic heterocycles. The summed E-state index contributed by atoms with van der Waals surface area (Å²) in [5.41, 5.74) is 17.8. The predicted molar refractivity (Wildman–Crippen MR) is 242 cm³/mol. The summed E-state index contributed by atoms with van der Waals surface area (Å²) in [5, 5.41) is 2.51.